The monoisotopic (exact) mass is 448 g/mol. The zero-order valence-electron chi connectivity index (χ0n) is 17.9. The summed E-state index contributed by atoms with van der Waals surface area (Å²) in [6.07, 6.45) is 1.48. The van der Waals surface area contributed by atoms with Gasteiger partial charge in [-0.15, -0.1) is 0 Å². The van der Waals surface area contributed by atoms with E-state index in [4.69, 9.17) is 23.7 Å². The van der Waals surface area contributed by atoms with Crippen LogP contribution in [-0.4, -0.2) is 39.1 Å². The van der Waals surface area contributed by atoms with Crippen molar-refractivity contribution in [2.24, 2.45) is 5.10 Å². The Balaban J connectivity index is 1.34. The van der Waals surface area contributed by atoms with Crippen LogP contribution in [0.15, 0.2) is 65.8 Å². The van der Waals surface area contributed by atoms with Crippen LogP contribution in [0.4, 0.5) is 0 Å². The Labute approximate surface area is 189 Å². The van der Waals surface area contributed by atoms with Crippen molar-refractivity contribution < 1.29 is 33.3 Å². The number of hydrazone groups is 1. The summed E-state index contributed by atoms with van der Waals surface area (Å²) in [5.41, 5.74) is 3.88. The van der Waals surface area contributed by atoms with Gasteiger partial charge in [0.15, 0.2) is 23.0 Å². The Morgan fingerprint density at radius 1 is 0.879 bits per heavy atom. The lowest BCUT2D eigenvalue weighted by Crippen LogP contribution is -2.17. The number of amides is 1. The van der Waals surface area contributed by atoms with Crippen LogP contribution in [0.1, 0.15) is 26.3 Å². The number of hydrogen-bond donors (Lipinski definition) is 1. The van der Waals surface area contributed by atoms with Crippen molar-refractivity contribution in [2.45, 2.75) is 0 Å². The number of carbonyl (C=O) groups excluding carboxylic acids is 2. The minimum absolute atomic E-state index is 0.137. The van der Waals surface area contributed by atoms with E-state index in [1.165, 1.54) is 20.4 Å². The van der Waals surface area contributed by atoms with E-state index in [1.54, 1.807) is 60.7 Å². The molecule has 1 aliphatic heterocycles. The summed E-state index contributed by atoms with van der Waals surface area (Å²) in [5, 5.41) is 3.95. The third kappa shape index (κ3) is 5.04. The van der Waals surface area contributed by atoms with Crippen LogP contribution in [0.2, 0.25) is 0 Å². The van der Waals surface area contributed by atoms with Crippen LogP contribution in [0, 0.1) is 0 Å². The van der Waals surface area contributed by atoms with E-state index >= 15 is 0 Å². The summed E-state index contributed by atoms with van der Waals surface area (Å²) in [7, 11) is 3.01. The number of esters is 1. The lowest BCUT2D eigenvalue weighted by atomic mass is 10.2. The molecule has 3 aromatic carbocycles. The van der Waals surface area contributed by atoms with Gasteiger partial charge in [-0.3, -0.25) is 4.79 Å². The third-order valence-corrected chi connectivity index (χ3v) is 4.72. The Morgan fingerprint density at radius 2 is 1.61 bits per heavy atom. The van der Waals surface area contributed by atoms with Gasteiger partial charge in [-0.25, -0.2) is 10.2 Å². The summed E-state index contributed by atoms with van der Waals surface area (Å²) in [6, 6.07) is 16.3. The molecule has 0 aromatic heterocycles. The molecule has 0 bridgehead atoms. The molecule has 0 unspecified atom stereocenters. The molecule has 0 saturated heterocycles. The van der Waals surface area contributed by atoms with E-state index < -0.39 is 5.97 Å². The second kappa shape index (κ2) is 9.73. The summed E-state index contributed by atoms with van der Waals surface area (Å²) < 4.78 is 26.3. The normalized spacial score (nSPS) is 11.8. The molecule has 4 rings (SSSR count). The first kappa shape index (κ1) is 21.7. The highest BCUT2D eigenvalue weighted by atomic mass is 16.7. The molecule has 0 saturated carbocycles. The molecular formula is C24H20N2O7. The van der Waals surface area contributed by atoms with E-state index in [1.807, 2.05) is 0 Å². The maximum absolute atomic E-state index is 12.4. The molecule has 0 atom stereocenters. The van der Waals surface area contributed by atoms with Gasteiger partial charge in [-0.05, 0) is 66.2 Å². The fourth-order valence-electron chi connectivity index (χ4n) is 3.02. The Morgan fingerprint density at radius 3 is 2.36 bits per heavy atom. The molecular weight excluding hydrogens is 428 g/mol. The molecule has 0 fully saturated rings. The van der Waals surface area contributed by atoms with Gasteiger partial charge in [0.2, 0.25) is 6.79 Å². The molecule has 1 aliphatic rings. The van der Waals surface area contributed by atoms with Crippen LogP contribution in [-0.2, 0) is 0 Å². The highest BCUT2D eigenvalue weighted by Crippen LogP contribution is 2.32. The van der Waals surface area contributed by atoms with Crippen LogP contribution in [0.3, 0.4) is 0 Å². The summed E-state index contributed by atoms with van der Waals surface area (Å²) in [6.45, 7) is 0.137. The number of nitrogens with zero attached hydrogens (tertiary/aromatic N) is 1. The van der Waals surface area contributed by atoms with Crippen molar-refractivity contribution in [3.8, 4) is 28.7 Å². The molecule has 33 heavy (non-hydrogen) atoms. The Kier molecular flexibility index (Phi) is 6.40. The molecule has 168 valence electrons. The van der Waals surface area contributed by atoms with Crippen LogP contribution in [0.5, 0.6) is 28.7 Å². The van der Waals surface area contributed by atoms with Gasteiger partial charge < -0.3 is 23.7 Å². The standard InChI is InChI=1S/C24H20N2O7/c1-29-19-9-6-17(12-21(19)30-2)24(28)33-18-7-3-15(4-8-18)13-25-26-23(27)16-5-10-20-22(11-16)32-14-31-20/h3-13H,14H2,1-2H3,(H,26,27)/b25-13+. The molecule has 0 spiro atoms. The Hall–Kier alpha value is -4.53. The van der Waals surface area contributed by atoms with Crippen molar-refractivity contribution in [3.63, 3.8) is 0 Å². The van der Waals surface area contributed by atoms with Crippen LogP contribution in [0.25, 0.3) is 0 Å². The maximum Gasteiger partial charge on any atom is 0.343 e. The first-order valence-corrected chi connectivity index (χ1v) is 9.84. The lowest BCUT2D eigenvalue weighted by Gasteiger charge is -2.09. The first-order valence-electron chi connectivity index (χ1n) is 9.84. The van der Waals surface area contributed by atoms with Gasteiger partial charge >= 0.3 is 5.97 Å². The maximum atomic E-state index is 12.4. The van der Waals surface area contributed by atoms with E-state index in [0.29, 0.717) is 45.4 Å². The quantitative estimate of drug-likeness (QED) is 0.256. The zero-order chi connectivity index (χ0) is 23.2. The van der Waals surface area contributed by atoms with Crippen molar-refractivity contribution in [2.75, 3.05) is 21.0 Å². The molecule has 9 nitrogen and oxygen atoms in total. The minimum atomic E-state index is -0.534. The first-order chi connectivity index (χ1) is 16.1. The van der Waals surface area contributed by atoms with Crippen molar-refractivity contribution >= 4 is 18.1 Å². The van der Waals surface area contributed by atoms with Gasteiger partial charge in [-0.2, -0.15) is 5.10 Å². The predicted molar refractivity (Wildman–Crippen MR) is 119 cm³/mol. The highest BCUT2D eigenvalue weighted by molar-refractivity contribution is 5.95. The molecule has 0 aliphatic carbocycles. The van der Waals surface area contributed by atoms with E-state index in [0.717, 1.165) is 0 Å². The number of rotatable bonds is 7. The fraction of sp³-hybridized carbons (Fsp3) is 0.125. The fourth-order valence-corrected chi connectivity index (χ4v) is 3.02. The van der Waals surface area contributed by atoms with Crippen molar-refractivity contribution in [1.82, 2.24) is 5.43 Å². The predicted octanol–water partition coefficient (Wildman–Crippen LogP) is 3.42. The van der Waals surface area contributed by atoms with E-state index in [9.17, 15) is 9.59 Å². The topological polar surface area (TPSA) is 105 Å². The van der Waals surface area contributed by atoms with Gasteiger partial charge in [0.1, 0.15) is 5.75 Å². The summed E-state index contributed by atoms with van der Waals surface area (Å²) >= 11 is 0. The van der Waals surface area contributed by atoms with Crippen molar-refractivity contribution in [3.05, 3.63) is 77.4 Å². The number of ether oxygens (including phenoxy) is 5. The largest absolute Gasteiger partial charge is 0.493 e. The van der Waals surface area contributed by atoms with Gasteiger partial charge in [0, 0.05) is 5.56 Å². The lowest BCUT2D eigenvalue weighted by molar-refractivity contribution is 0.0734. The second-order valence-corrected chi connectivity index (χ2v) is 6.80. The van der Waals surface area contributed by atoms with Gasteiger partial charge in [-0.1, -0.05) is 0 Å². The average molecular weight is 448 g/mol. The van der Waals surface area contributed by atoms with Gasteiger partial charge in [0.05, 0.1) is 26.0 Å². The smallest absolute Gasteiger partial charge is 0.343 e. The molecule has 9 heteroatoms. The van der Waals surface area contributed by atoms with E-state index in [2.05, 4.69) is 10.5 Å². The number of methoxy groups -OCH3 is 2. The number of benzene rings is 3. The molecule has 1 amide bonds. The highest BCUT2D eigenvalue weighted by Gasteiger charge is 2.16. The molecule has 3 aromatic rings. The van der Waals surface area contributed by atoms with Crippen LogP contribution < -0.4 is 29.1 Å². The SMILES string of the molecule is COc1ccc(C(=O)Oc2ccc(/C=N/NC(=O)c3ccc4c(c3)OCO4)cc2)cc1OC. The number of carbonyl (C=O) groups is 2. The summed E-state index contributed by atoms with van der Waals surface area (Å²) in [4.78, 5) is 24.6. The second-order valence-electron chi connectivity index (χ2n) is 6.80. The average Bonchev–Trinajstić information content (AvgIpc) is 3.32. The number of nitrogens with one attached hydrogen (secondary N) is 1. The molecule has 1 heterocycles. The zero-order valence-corrected chi connectivity index (χ0v) is 17.9. The van der Waals surface area contributed by atoms with E-state index in [-0.39, 0.29) is 12.7 Å². The summed E-state index contributed by atoms with van der Waals surface area (Å²) in [5.74, 6) is 1.51. The minimum Gasteiger partial charge on any atom is -0.493 e. The van der Waals surface area contributed by atoms with Crippen LogP contribution >= 0.6 is 0 Å². The van der Waals surface area contributed by atoms with Crippen molar-refractivity contribution in [1.29, 1.82) is 0 Å². The third-order valence-electron chi connectivity index (χ3n) is 4.72. The van der Waals surface area contributed by atoms with Gasteiger partial charge in [0.25, 0.3) is 5.91 Å². The number of hydrogen-bond acceptors (Lipinski definition) is 8. The Bertz CT molecular complexity index is 1210. The molecule has 0 radical (unpaired) electrons. The molecule has 1 N–H and O–H groups in total. The number of fused-ring (bicyclic) bond motifs is 1.